The van der Waals surface area contributed by atoms with Crippen molar-refractivity contribution in [3.8, 4) is 0 Å². The lowest BCUT2D eigenvalue weighted by Crippen LogP contribution is -2.29. The van der Waals surface area contributed by atoms with Gasteiger partial charge in [0, 0.05) is 42.0 Å². The number of Topliss-reactive ketones (excluding diaryl/α,β-unsaturated/α-hetero) is 1. The average Bonchev–Trinajstić information content (AvgIpc) is 2.70. The van der Waals surface area contributed by atoms with Crippen LogP contribution in [0.25, 0.3) is 10.9 Å². The third kappa shape index (κ3) is 1.74. The maximum absolute atomic E-state index is 11.6. The van der Waals surface area contributed by atoms with Crippen LogP contribution in [0, 0.1) is 0 Å². The van der Waals surface area contributed by atoms with E-state index in [-0.39, 0.29) is 11.7 Å². The van der Waals surface area contributed by atoms with Gasteiger partial charge >= 0.3 is 0 Å². The number of nitrogens with one attached hydrogen (secondary N) is 1. The molecule has 0 unspecified atom stereocenters. The minimum atomic E-state index is -0.318. The van der Waals surface area contributed by atoms with Crippen LogP contribution < -0.4 is 11.3 Å². The van der Waals surface area contributed by atoms with Crippen LogP contribution in [-0.2, 0) is 24.7 Å². The molecule has 1 aliphatic carbocycles. The zero-order valence-corrected chi connectivity index (χ0v) is 10.7. The van der Waals surface area contributed by atoms with Crippen molar-refractivity contribution in [1.82, 2.24) is 9.99 Å². The zero-order valence-electron chi connectivity index (χ0n) is 10.7. The van der Waals surface area contributed by atoms with Crippen molar-refractivity contribution in [2.45, 2.75) is 19.3 Å². The van der Waals surface area contributed by atoms with Crippen molar-refractivity contribution in [3.05, 3.63) is 35.0 Å². The summed E-state index contributed by atoms with van der Waals surface area (Å²) in [5.41, 5.74) is 5.94. The van der Waals surface area contributed by atoms with Crippen molar-refractivity contribution in [2.75, 3.05) is 0 Å². The number of benzene rings is 1. The largest absolute Gasteiger partial charge is 0.347 e. The van der Waals surface area contributed by atoms with Crippen LogP contribution in [0.15, 0.2) is 18.2 Å². The molecule has 0 radical (unpaired) electrons. The minimum absolute atomic E-state index is 0.258. The van der Waals surface area contributed by atoms with E-state index in [9.17, 15) is 9.59 Å². The Balaban J connectivity index is 2.25. The van der Waals surface area contributed by atoms with Crippen molar-refractivity contribution < 1.29 is 9.59 Å². The third-order valence-electron chi connectivity index (χ3n) is 3.84. The quantitative estimate of drug-likeness (QED) is 0.451. The lowest BCUT2D eigenvalue weighted by molar-refractivity contribution is -0.118. The number of carbonyl (C=O) groups is 2. The SMILES string of the molecule is Cn1c2c(c3cc(C(=O)NN)ccc31)CC(=O)CC2. The van der Waals surface area contributed by atoms with E-state index in [1.165, 1.54) is 5.69 Å². The van der Waals surface area contributed by atoms with Gasteiger partial charge in [0.1, 0.15) is 5.78 Å². The lowest BCUT2D eigenvalue weighted by Gasteiger charge is -2.12. The lowest BCUT2D eigenvalue weighted by atomic mass is 9.94. The smallest absolute Gasteiger partial charge is 0.265 e. The fourth-order valence-corrected chi connectivity index (χ4v) is 2.86. The molecule has 5 nitrogen and oxygen atoms in total. The molecule has 1 amide bonds. The number of aromatic nitrogens is 1. The Kier molecular flexibility index (Phi) is 2.64. The van der Waals surface area contributed by atoms with Crippen LogP contribution in [-0.4, -0.2) is 16.3 Å². The monoisotopic (exact) mass is 257 g/mol. The molecule has 0 saturated heterocycles. The van der Waals surface area contributed by atoms with Gasteiger partial charge < -0.3 is 4.57 Å². The van der Waals surface area contributed by atoms with Crippen LogP contribution in [0.1, 0.15) is 28.0 Å². The number of carbonyl (C=O) groups excluding carboxylic acids is 2. The molecule has 5 heteroatoms. The van der Waals surface area contributed by atoms with Crippen LogP contribution in [0.5, 0.6) is 0 Å². The summed E-state index contributed by atoms with van der Waals surface area (Å²) >= 11 is 0. The fourth-order valence-electron chi connectivity index (χ4n) is 2.86. The summed E-state index contributed by atoms with van der Waals surface area (Å²) in [6.45, 7) is 0. The second-order valence-corrected chi connectivity index (χ2v) is 4.91. The number of rotatable bonds is 1. The van der Waals surface area contributed by atoms with Crippen LogP contribution in [0.3, 0.4) is 0 Å². The van der Waals surface area contributed by atoms with Gasteiger partial charge in [-0.2, -0.15) is 0 Å². The number of aryl methyl sites for hydroxylation is 1. The van der Waals surface area contributed by atoms with Gasteiger partial charge in [-0.25, -0.2) is 5.84 Å². The highest BCUT2D eigenvalue weighted by Gasteiger charge is 2.23. The molecule has 3 rings (SSSR count). The highest BCUT2D eigenvalue weighted by atomic mass is 16.2. The summed E-state index contributed by atoms with van der Waals surface area (Å²) in [5, 5.41) is 0.978. The molecule has 1 heterocycles. The highest BCUT2D eigenvalue weighted by molar-refractivity contribution is 6.00. The van der Waals surface area contributed by atoms with E-state index in [1.807, 2.05) is 19.2 Å². The number of nitrogen functional groups attached to an aromatic ring is 1. The highest BCUT2D eigenvalue weighted by Crippen LogP contribution is 2.30. The maximum Gasteiger partial charge on any atom is 0.265 e. The Labute approximate surface area is 110 Å². The van der Waals surface area contributed by atoms with Gasteiger partial charge in [-0.3, -0.25) is 15.0 Å². The van der Waals surface area contributed by atoms with Gasteiger partial charge in [-0.15, -0.1) is 0 Å². The maximum atomic E-state index is 11.6. The molecule has 0 fully saturated rings. The summed E-state index contributed by atoms with van der Waals surface area (Å²) in [5.74, 6) is 5.09. The first-order valence-electron chi connectivity index (χ1n) is 6.24. The number of nitrogens with zero attached hydrogens (tertiary/aromatic N) is 1. The minimum Gasteiger partial charge on any atom is -0.347 e. The van der Waals surface area contributed by atoms with Crippen molar-refractivity contribution in [1.29, 1.82) is 0 Å². The summed E-state index contributed by atoms with van der Waals surface area (Å²) in [7, 11) is 2.00. The van der Waals surface area contributed by atoms with Crippen LogP contribution in [0.4, 0.5) is 0 Å². The van der Waals surface area contributed by atoms with E-state index in [0.717, 1.165) is 22.9 Å². The van der Waals surface area contributed by atoms with Gasteiger partial charge in [0.05, 0.1) is 0 Å². The molecule has 3 N–H and O–H groups in total. The Bertz CT molecular complexity index is 700. The first-order valence-corrected chi connectivity index (χ1v) is 6.24. The van der Waals surface area contributed by atoms with E-state index in [4.69, 9.17) is 5.84 Å². The molecular weight excluding hydrogens is 242 g/mol. The van der Waals surface area contributed by atoms with E-state index in [0.29, 0.717) is 18.4 Å². The first-order chi connectivity index (χ1) is 9.11. The predicted molar refractivity (Wildman–Crippen MR) is 71.6 cm³/mol. The average molecular weight is 257 g/mol. The van der Waals surface area contributed by atoms with Gasteiger partial charge in [0.15, 0.2) is 0 Å². The normalized spacial score (nSPS) is 14.5. The van der Waals surface area contributed by atoms with Gasteiger partial charge in [0.2, 0.25) is 0 Å². The molecule has 1 aromatic carbocycles. The van der Waals surface area contributed by atoms with Crippen molar-refractivity contribution >= 4 is 22.6 Å². The predicted octanol–water partition coefficient (Wildman–Crippen LogP) is 0.840. The molecule has 1 aliphatic rings. The molecule has 0 aliphatic heterocycles. The number of amides is 1. The number of hydrogen-bond acceptors (Lipinski definition) is 3. The number of fused-ring (bicyclic) bond motifs is 3. The third-order valence-corrected chi connectivity index (χ3v) is 3.84. The van der Waals surface area contributed by atoms with Crippen LogP contribution in [0.2, 0.25) is 0 Å². The summed E-state index contributed by atoms with van der Waals surface area (Å²) in [6, 6.07) is 5.47. The Morgan fingerprint density at radius 2 is 2.16 bits per heavy atom. The molecule has 2 aromatic rings. The summed E-state index contributed by atoms with van der Waals surface area (Å²) in [6.07, 6.45) is 1.84. The van der Waals surface area contributed by atoms with Gasteiger partial charge in [-0.1, -0.05) is 0 Å². The number of hydrogen-bond donors (Lipinski definition) is 2. The number of ketones is 1. The molecule has 0 spiro atoms. The Morgan fingerprint density at radius 3 is 2.89 bits per heavy atom. The molecule has 0 atom stereocenters. The summed E-state index contributed by atoms with van der Waals surface area (Å²) < 4.78 is 2.11. The topological polar surface area (TPSA) is 77.1 Å². The van der Waals surface area contributed by atoms with Gasteiger partial charge in [0.25, 0.3) is 5.91 Å². The molecule has 0 bridgehead atoms. The number of nitrogens with two attached hydrogens (primary N) is 1. The van der Waals surface area contributed by atoms with Gasteiger partial charge in [-0.05, 0) is 30.2 Å². The summed E-state index contributed by atoms with van der Waals surface area (Å²) in [4.78, 5) is 23.2. The standard InChI is InChI=1S/C14H15N3O2/c1-17-12-4-2-8(14(19)16-15)6-10(12)11-7-9(18)3-5-13(11)17/h2,4,6H,3,5,7,15H2,1H3,(H,16,19). The first kappa shape index (κ1) is 11.9. The second-order valence-electron chi connectivity index (χ2n) is 4.91. The van der Waals surface area contributed by atoms with E-state index in [1.54, 1.807) is 6.07 Å². The molecule has 19 heavy (non-hydrogen) atoms. The van der Waals surface area contributed by atoms with E-state index < -0.39 is 0 Å². The zero-order chi connectivity index (χ0) is 13.6. The number of hydrazine groups is 1. The van der Waals surface area contributed by atoms with E-state index in [2.05, 4.69) is 9.99 Å². The second kappa shape index (κ2) is 4.20. The van der Waals surface area contributed by atoms with Crippen molar-refractivity contribution in [3.63, 3.8) is 0 Å². The Hall–Kier alpha value is -2.14. The van der Waals surface area contributed by atoms with E-state index >= 15 is 0 Å². The molecule has 98 valence electrons. The molecular formula is C14H15N3O2. The Morgan fingerprint density at radius 1 is 1.37 bits per heavy atom. The molecule has 1 aromatic heterocycles. The van der Waals surface area contributed by atoms with Crippen molar-refractivity contribution in [2.24, 2.45) is 12.9 Å². The van der Waals surface area contributed by atoms with Crippen LogP contribution >= 0.6 is 0 Å². The fraction of sp³-hybridized carbons (Fsp3) is 0.286. The molecule has 0 saturated carbocycles.